The second-order valence-electron chi connectivity index (χ2n) is 9.88. The largest absolute Gasteiger partial charge is 0.472 e. The highest BCUT2D eigenvalue weighted by Gasteiger charge is 2.27. The van der Waals surface area contributed by atoms with E-state index < -0.39 is 20.5 Å². The molecule has 210 valence electrons. The van der Waals surface area contributed by atoms with Crippen molar-refractivity contribution in [3.05, 3.63) is 48.6 Å². The molecule has 0 bridgehead atoms. The van der Waals surface area contributed by atoms with Crippen molar-refractivity contribution in [1.29, 1.82) is 0 Å². The third-order valence-corrected chi connectivity index (χ3v) is 6.25. The van der Waals surface area contributed by atoms with E-state index in [1.54, 1.807) is 0 Å². The lowest BCUT2D eigenvalue weighted by atomic mass is 10.2. The van der Waals surface area contributed by atoms with E-state index in [0.29, 0.717) is 17.6 Å². The molecule has 8 heteroatoms. The maximum Gasteiger partial charge on any atom is 0.472 e. The smallest absolute Gasteiger partial charge is 0.394 e. The summed E-state index contributed by atoms with van der Waals surface area (Å²) in [6, 6.07) is 0. The van der Waals surface area contributed by atoms with Crippen molar-refractivity contribution < 1.29 is 32.8 Å². The average Bonchev–Trinajstić information content (AvgIpc) is 2.81. The van der Waals surface area contributed by atoms with Gasteiger partial charge < -0.3 is 19.2 Å². The molecule has 0 aromatic carbocycles. The molecule has 0 aliphatic heterocycles. The Balaban J connectivity index is 3.73. The Morgan fingerprint density at radius 1 is 0.806 bits per heavy atom. The van der Waals surface area contributed by atoms with Gasteiger partial charge >= 0.3 is 7.82 Å². The number of aliphatic hydroxyl groups is 1. The molecule has 0 spiro atoms. The van der Waals surface area contributed by atoms with E-state index in [2.05, 4.69) is 55.5 Å². The Morgan fingerprint density at radius 3 is 1.83 bits per heavy atom. The molecule has 2 N–H and O–H groups in total. The lowest BCUT2D eigenvalue weighted by Gasteiger charge is -2.24. The SMILES string of the molecule is CCCCCC=CCC=CCC=CCC=CCCCCOC[C@H](CO)OP(=O)(O)OCC[N+](C)(C)C. The maximum atomic E-state index is 12.0. The summed E-state index contributed by atoms with van der Waals surface area (Å²) in [4.78, 5) is 9.80. The molecule has 0 aromatic heterocycles. The van der Waals surface area contributed by atoms with Crippen LogP contribution in [0, 0.1) is 0 Å². The van der Waals surface area contributed by atoms with E-state index in [4.69, 9.17) is 13.8 Å². The fourth-order valence-electron chi connectivity index (χ4n) is 3.01. The molecule has 7 nitrogen and oxygen atoms in total. The highest BCUT2D eigenvalue weighted by Crippen LogP contribution is 2.44. The van der Waals surface area contributed by atoms with Gasteiger partial charge in [-0.15, -0.1) is 0 Å². The van der Waals surface area contributed by atoms with Crippen molar-refractivity contribution in [1.82, 2.24) is 0 Å². The van der Waals surface area contributed by atoms with Gasteiger partial charge in [-0.25, -0.2) is 4.57 Å². The van der Waals surface area contributed by atoms with Crippen molar-refractivity contribution in [2.45, 2.75) is 77.2 Å². The number of nitrogens with zero attached hydrogens (tertiary/aromatic N) is 1. The Morgan fingerprint density at radius 2 is 1.33 bits per heavy atom. The van der Waals surface area contributed by atoms with E-state index in [9.17, 15) is 14.6 Å². The molecule has 0 saturated heterocycles. The van der Waals surface area contributed by atoms with Crippen molar-refractivity contribution >= 4 is 7.82 Å². The summed E-state index contributed by atoms with van der Waals surface area (Å²) < 4.78 is 28.1. The molecule has 0 aliphatic carbocycles. The molecule has 36 heavy (non-hydrogen) atoms. The minimum atomic E-state index is -4.22. The second-order valence-corrected chi connectivity index (χ2v) is 11.3. The second kappa shape index (κ2) is 23.1. The topological polar surface area (TPSA) is 85.2 Å². The van der Waals surface area contributed by atoms with Crippen molar-refractivity contribution in [3.8, 4) is 0 Å². The zero-order valence-electron chi connectivity index (χ0n) is 23.2. The summed E-state index contributed by atoms with van der Waals surface area (Å²) in [5.41, 5.74) is 0. The summed E-state index contributed by atoms with van der Waals surface area (Å²) in [5, 5.41) is 9.39. The number of phosphoric ester groups is 1. The lowest BCUT2D eigenvalue weighted by molar-refractivity contribution is -0.870. The number of aliphatic hydroxyl groups excluding tert-OH is 1. The molecule has 0 fully saturated rings. The summed E-state index contributed by atoms with van der Waals surface area (Å²) in [6.07, 6.45) is 27.7. The van der Waals surface area contributed by atoms with Gasteiger partial charge in [-0.05, 0) is 51.4 Å². The van der Waals surface area contributed by atoms with Crippen LogP contribution in [-0.2, 0) is 18.3 Å². The van der Waals surface area contributed by atoms with Crippen molar-refractivity contribution in [2.24, 2.45) is 0 Å². The predicted molar refractivity (Wildman–Crippen MR) is 150 cm³/mol. The highest BCUT2D eigenvalue weighted by molar-refractivity contribution is 7.47. The Bertz CT molecular complexity index is 669. The van der Waals surface area contributed by atoms with Gasteiger partial charge in [0.15, 0.2) is 0 Å². The number of hydrogen-bond acceptors (Lipinski definition) is 5. The van der Waals surface area contributed by atoms with Crippen LogP contribution < -0.4 is 0 Å². The molecule has 0 heterocycles. The van der Waals surface area contributed by atoms with Gasteiger partial charge in [0.25, 0.3) is 0 Å². The van der Waals surface area contributed by atoms with Gasteiger partial charge in [-0.1, -0.05) is 68.4 Å². The fraction of sp³-hybridized carbons (Fsp3) is 0.714. The minimum Gasteiger partial charge on any atom is -0.394 e. The molecule has 0 amide bonds. The normalized spacial score (nSPS) is 15.6. The van der Waals surface area contributed by atoms with Gasteiger partial charge in [0.2, 0.25) is 0 Å². The van der Waals surface area contributed by atoms with Gasteiger partial charge in [0, 0.05) is 6.61 Å². The van der Waals surface area contributed by atoms with Crippen molar-refractivity contribution in [3.63, 3.8) is 0 Å². The molecular formula is C28H53NO6P+. The number of allylic oxidation sites excluding steroid dienone is 8. The molecule has 2 atom stereocenters. The molecule has 0 aromatic rings. The van der Waals surface area contributed by atoms with Gasteiger partial charge in [-0.2, -0.15) is 0 Å². The first-order valence-electron chi connectivity index (χ1n) is 13.4. The average molecular weight is 531 g/mol. The van der Waals surface area contributed by atoms with Crippen LogP contribution in [0.1, 0.15) is 71.1 Å². The van der Waals surface area contributed by atoms with Crippen LogP contribution in [0.15, 0.2) is 48.6 Å². The van der Waals surface area contributed by atoms with Gasteiger partial charge in [0.1, 0.15) is 19.3 Å². The number of phosphoric acid groups is 1. The number of likely N-dealkylation sites (N-methyl/N-ethyl adjacent to an activating group) is 1. The molecule has 0 rings (SSSR count). The zero-order valence-corrected chi connectivity index (χ0v) is 24.1. The predicted octanol–water partition coefficient (Wildman–Crippen LogP) is 6.35. The first-order chi connectivity index (χ1) is 17.2. The summed E-state index contributed by atoms with van der Waals surface area (Å²) >= 11 is 0. The quantitative estimate of drug-likeness (QED) is 0.0655. The van der Waals surface area contributed by atoms with Crippen LogP contribution in [0.2, 0.25) is 0 Å². The van der Waals surface area contributed by atoms with Crippen molar-refractivity contribution in [2.75, 3.05) is 54.1 Å². The first kappa shape index (κ1) is 35.0. The number of quaternary nitrogens is 1. The van der Waals surface area contributed by atoms with E-state index in [-0.39, 0.29) is 13.2 Å². The highest BCUT2D eigenvalue weighted by atomic mass is 31.2. The standard InChI is InChI=1S/C28H52NO6P/c1-5-6-7-8-9-10-11-12-13-14-15-16-17-18-19-20-21-22-24-33-27-28(26-30)35-36(31,32)34-25-23-29(2,3)4/h9-10,12-13,15-16,18-19,28,30H,5-8,11,14,17,20-27H2,1-4H3/p+1/t28-/m0/s1. The first-order valence-corrected chi connectivity index (χ1v) is 14.9. The van der Waals surface area contributed by atoms with E-state index >= 15 is 0 Å². The number of hydrogen-bond donors (Lipinski definition) is 2. The maximum absolute atomic E-state index is 12.0. The summed E-state index contributed by atoms with van der Waals surface area (Å²) in [5.74, 6) is 0. The zero-order chi connectivity index (χ0) is 27.0. The summed E-state index contributed by atoms with van der Waals surface area (Å²) in [7, 11) is 1.66. The van der Waals surface area contributed by atoms with Crippen LogP contribution in [0.25, 0.3) is 0 Å². The van der Waals surface area contributed by atoms with Gasteiger partial charge in [-0.3, -0.25) is 9.05 Å². The van der Waals surface area contributed by atoms with Crippen LogP contribution in [0.4, 0.5) is 0 Å². The lowest BCUT2D eigenvalue weighted by Crippen LogP contribution is -2.37. The number of unbranched alkanes of at least 4 members (excludes halogenated alkanes) is 5. The van der Waals surface area contributed by atoms with Crippen LogP contribution in [0.3, 0.4) is 0 Å². The Kier molecular flexibility index (Phi) is 22.4. The fourth-order valence-corrected chi connectivity index (χ4v) is 3.88. The Labute approximate surface area is 220 Å². The van der Waals surface area contributed by atoms with Gasteiger partial charge in [0.05, 0.1) is 34.4 Å². The monoisotopic (exact) mass is 530 g/mol. The third-order valence-electron chi connectivity index (χ3n) is 5.17. The molecule has 0 aliphatic rings. The number of rotatable bonds is 24. The Hall–Kier alpha value is -1.05. The minimum absolute atomic E-state index is 0.0457. The third kappa shape index (κ3) is 26.0. The van der Waals surface area contributed by atoms with E-state index in [1.807, 2.05) is 21.1 Å². The van der Waals surface area contributed by atoms with Crippen LogP contribution in [0.5, 0.6) is 0 Å². The van der Waals surface area contributed by atoms with E-state index in [1.165, 1.54) is 25.7 Å². The molecular weight excluding hydrogens is 477 g/mol. The molecule has 1 unspecified atom stereocenters. The number of ether oxygens (including phenoxy) is 1. The van der Waals surface area contributed by atoms with Crippen LogP contribution >= 0.6 is 7.82 Å². The van der Waals surface area contributed by atoms with E-state index in [0.717, 1.165) is 38.5 Å². The summed E-state index contributed by atoms with van der Waals surface area (Å²) in [6.45, 7) is 3.03. The molecule has 0 saturated carbocycles. The molecule has 0 radical (unpaired) electrons. The van der Waals surface area contributed by atoms with Crippen LogP contribution in [-0.4, -0.2) is 74.7 Å².